The number of benzene rings is 4. The van der Waals surface area contributed by atoms with Gasteiger partial charge in [0.05, 0.1) is 22.0 Å². The molecule has 4 heteroatoms. The van der Waals surface area contributed by atoms with Crippen LogP contribution in [-0.4, -0.2) is 24.1 Å². The predicted molar refractivity (Wildman–Crippen MR) is 167 cm³/mol. The fraction of sp³-hybridized carbons (Fsp3) is 0.333. The van der Waals surface area contributed by atoms with Gasteiger partial charge in [-0.15, -0.1) is 0 Å². The normalized spacial score (nSPS) is 28.2. The largest absolute Gasteiger partial charge is 0.454 e. The van der Waals surface area contributed by atoms with Crippen molar-refractivity contribution in [1.29, 1.82) is 0 Å². The number of ether oxygens (including phenoxy) is 2. The van der Waals surface area contributed by atoms with Crippen LogP contribution in [0.3, 0.4) is 0 Å². The van der Waals surface area contributed by atoms with Crippen molar-refractivity contribution in [3.8, 4) is 0 Å². The number of rotatable bonds is 4. The van der Waals surface area contributed by atoms with Gasteiger partial charge in [-0.25, -0.2) is 9.59 Å². The van der Waals surface area contributed by atoms with E-state index in [0.29, 0.717) is 11.1 Å². The number of hydrogen-bond acceptors (Lipinski definition) is 4. The molecule has 4 aromatic carbocycles. The molecule has 0 saturated heterocycles. The zero-order valence-electron chi connectivity index (χ0n) is 25.7. The highest BCUT2D eigenvalue weighted by atomic mass is 16.6. The molecule has 1 saturated carbocycles. The molecule has 3 aliphatic carbocycles. The number of fused-ring (bicyclic) bond motifs is 4. The van der Waals surface area contributed by atoms with Crippen LogP contribution in [0.25, 0.3) is 0 Å². The Balaban J connectivity index is 1.56. The Labute approximate surface area is 254 Å². The summed E-state index contributed by atoms with van der Waals surface area (Å²) in [6, 6.07) is 35.4. The lowest BCUT2D eigenvalue weighted by Crippen LogP contribution is -2.78. The van der Waals surface area contributed by atoms with Crippen LogP contribution in [0, 0.1) is 10.8 Å². The van der Waals surface area contributed by atoms with Crippen LogP contribution >= 0.6 is 0 Å². The maximum absolute atomic E-state index is 14.1. The molecule has 1 fully saturated rings. The van der Waals surface area contributed by atoms with Crippen molar-refractivity contribution >= 4 is 11.9 Å². The van der Waals surface area contributed by atoms with Gasteiger partial charge in [0.2, 0.25) is 0 Å². The summed E-state index contributed by atoms with van der Waals surface area (Å²) in [6.45, 7) is 13.4. The summed E-state index contributed by atoms with van der Waals surface area (Å²) >= 11 is 0. The van der Waals surface area contributed by atoms with Crippen LogP contribution in [0.15, 0.2) is 109 Å². The standard InChI is InChI=1S/C39H38O4/c1-35(2,3)38-29-23-15-13-21-27(29)37(38)28-22-14-16-24-30(28)39(37,36(4,5)6)32(43-34(41)26-19-11-8-12-20-26)31(38)42-33(40)25-17-9-7-10-18-25/h7-24,31-32H,1-6H3/t31?,32?,37?,38-,39?/m0/s1. The van der Waals surface area contributed by atoms with Crippen LogP contribution in [0.2, 0.25) is 0 Å². The zero-order chi connectivity index (χ0) is 30.4. The van der Waals surface area contributed by atoms with Gasteiger partial charge in [0.25, 0.3) is 0 Å². The molecule has 0 aliphatic heterocycles. The SMILES string of the molecule is CC(C)(C)C12c3ccccc3C13c1ccccc1[C@@]3(C(C)(C)C)C(OC(=O)c1ccccc1)C2OC(=O)c1ccccc1. The molecule has 0 radical (unpaired) electrons. The molecule has 4 aromatic rings. The van der Waals surface area contributed by atoms with Crippen LogP contribution in [0.4, 0.5) is 0 Å². The maximum Gasteiger partial charge on any atom is 0.338 e. The summed E-state index contributed by atoms with van der Waals surface area (Å²) in [5, 5.41) is 0. The quantitative estimate of drug-likeness (QED) is 0.233. The summed E-state index contributed by atoms with van der Waals surface area (Å²) in [6.07, 6.45) is -1.51. The van der Waals surface area contributed by atoms with E-state index in [4.69, 9.17) is 9.47 Å². The van der Waals surface area contributed by atoms with E-state index in [1.807, 2.05) is 36.4 Å². The van der Waals surface area contributed by atoms with Gasteiger partial charge < -0.3 is 9.47 Å². The smallest absolute Gasteiger partial charge is 0.338 e. The highest BCUT2D eigenvalue weighted by Crippen LogP contribution is 2.87. The van der Waals surface area contributed by atoms with Crippen molar-refractivity contribution in [3.63, 3.8) is 0 Å². The molecule has 5 atom stereocenters. The van der Waals surface area contributed by atoms with E-state index in [2.05, 4.69) is 90.1 Å². The Hall–Kier alpha value is -4.18. The van der Waals surface area contributed by atoms with Gasteiger partial charge >= 0.3 is 11.9 Å². The Morgan fingerprint density at radius 3 is 1.12 bits per heavy atom. The molecule has 0 bridgehead atoms. The minimum Gasteiger partial charge on any atom is -0.454 e. The van der Waals surface area contributed by atoms with Gasteiger partial charge in [0.15, 0.2) is 12.2 Å². The monoisotopic (exact) mass is 570 g/mol. The van der Waals surface area contributed by atoms with Crippen LogP contribution in [0.5, 0.6) is 0 Å². The first-order valence-electron chi connectivity index (χ1n) is 15.2. The van der Waals surface area contributed by atoms with E-state index in [1.54, 1.807) is 24.3 Å². The topological polar surface area (TPSA) is 52.6 Å². The molecule has 0 aromatic heterocycles. The van der Waals surface area contributed by atoms with Crippen molar-refractivity contribution in [2.75, 3.05) is 0 Å². The fourth-order valence-electron chi connectivity index (χ4n) is 9.68. The Morgan fingerprint density at radius 1 is 0.488 bits per heavy atom. The summed E-state index contributed by atoms with van der Waals surface area (Å²) in [7, 11) is 0. The molecule has 1 spiro atoms. The first-order chi connectivity index (χ1) is 20.5. The average molecular weight is 571 g/mol. The molecular formula is C39H38O4. The van der Waals surface area contributed by atoms with Crippen molar-refractivity contribution < 1.29 is 19.1 Å². The predicted octanol–water partition coefficient (Wildman–Crippen LogP) is 8.03. The molecular weight excluding hydrogens is 532 g/mol. The second-order valence-corrected chi connectivity index (χ2v) is 14.3. The highest BCUT2D eigenvalue weighted by Gasteiger charge is 2.93. The molecule has 4 nitrogen and oxygen atoms in total. The number of carbonyl (C=O) groups is 2. The van der Waals surface area contributed by atoms with Gasteiger partial charge in [-0.2, -0.15) is 0 Å². The lowest BCUT2D eigenvalue weighted by Gasteiger charge is -2.75. The summed E-state index contributed by atoms with van der Waals surface area (Å²) in [4.78, 5) is 28.1. The third-order valence-corrected chi connectivity index (χ3v) is 10.7. The average Bonchev–Trinajstić information content (AvgIpc) is 3.13. The summed E-state index contributed by atoms with van der Waals surface area (Å²) in [5.74, 6) is -0.826. The molecule has 3 aliphatic rings. The van der Waals surface area contributed by atoms with Gasteiger partial charge in [-0.1, -0.05) is 126 Å². The minimum absolute atomic E-state index is 0.388. The fourth-order valence-corrected chi connectivity index (χ4v) is 9.68. The van der Waals surface area contributed by atoms with Crippen LogP contribution in [-0.2, 0) is 25.7 Å². The van der Waals surface area contributed by atoms with Gasteiger partial charge in [-0.3, -0.25) is 0 Å². The third kappa shape index (κ3) is 3.07. The maximum atomic E-state index is 14.1. The summed E-state index contributed by atoms with van der Waals surface area (Å²) < 4.78 is 13.6. The molecule has 218 valence electrons. The Bertz CT molecular complexity index is 1610. The minimum atomic E-state index is -0.755. The van der Waals surface area contributed by atoms with E-state index in [0.717, 1.165) is 11.1 Å². The molecule has 4 unspecified atom stereocenters. The van der Waals surface area contributed by atoms with Crippen molar-refractivity contribution in [2.45, 2.75) is 70.0 Å². The molecule has 43 heavy (non-hydrogen) atoms. The first-order valence-corrected chi connectivity index (χ1v) is 15.2. The van der Waals surface area contributed by atoms with Crippen LogP contribution in [0.1, 0.15) is 84.5 Å². The van der Waals surface area contributed by atoms with E-state index < -0.39 is 40.4 Å². The number of esters is 2. The van der Waals surface area contributed by atoms with Gasteiger partial charge in [0.1, 0.15) is 0 Å². The summed E-state index contributed by atoms with van der Waals surface area (Å²) in [5.41, 5.74) is 3.06. The molecule has 0 heterocycles. The molecule has 0 amide bonds. The lowest BCUT2D eigenvalue weighted by molar-refractivity contribution is -0.0787. The van der Waals surface area contributed by atoms with E-state index in [1.165, 1.54) is 11.1 Å². The van der Waals surface area contributed by atoms with Crippen molar-refractivity contribution in [1.82, 2.24) is 0 Å². The molecule has 7 rings (SSSR count). The van der Waals surface area contributed by atoms with Crippen molar-refractivity contribution in [2.24, 2.45) is 10.8 Å². The number of carbonyl (C=O) groups excluding carboxylic acids is 2. The van der Waals surface area contributed by atoms with Gasteiger partial charge in [-0.05, 0) is 57.3 Å². The molecule has 0 N–H and O–H groups in total. The Morgan fingerprint density at radius 2 is 0.791 bits per heavy atom. The second-order valence-electron chi connectivity index (χ2n) is 14.3. The van der Waals surface area contributed by atoms with E-state index in [-0.39, 0.29) is 10.8 Å². The highest BCUT2D eigenvalue weighted by molar-refractivity contribution is 5.92. The zero-order valence-corrected chi connectivity index (χ0v) is 25.7. The van der Waals surface area contributed by atoms with Crippen LogP contribution < -0.4 is 0 Å². The van der Waals surface area contributed by atoms with Gasteiger partial charge in [0, 0.05) is 5.41 Å². The lowest BCUT2D eigenvalue weighted by atomic mass is 9.26. The third-order valence-electron chi connectivity index (χ3n) is 10.7. The van der Waals surface area contributed by atoms with E-state index in [9.17, 15) is 9.59 Å². The number of hydrogen-bond donors (Lipinski definition) is 0. The second kappa shape index (κ2) is 8.92. The van der Waals surface area contributed by atoms with E-state index >= 15 is 0 Å². The first kappa shape index (κ1) is 27.6. The Kier molecular flexibility index (Phi) is 5.73. The van der Waals surface area contributed by atoms with Crippen molar-refractivity contribution in [3.05, 3.63) is 143 Å².